The zero-order valence-corrected chi connectivity index (χ0v) is 41.0. The van der Waals surface area contributed by atoms with Gasteiger partial charge in [0, 0.05) is 0 Å². The van der Waals surface area contributed by atoms with E-state index in [2.05, 4.69) is 28.2 Å². The van der Waals surface area contributed by atoms with Crippen molar-refractivity contribution >= 4 is 138 Å². The zero-order chi connectivity index (χ0) is 12.8. The van der Waals surface area contributed by atoms with E-state index < -0.39 is 0 Å². The summed E-state index contributed by atoms with van der Waals surface area (Å²) in [4.78, 5) is 0. The fourth-order valence-corrected chi connectivity index (χ4v) is 0.739. The standard InChI is InChI=1S/C5H11S.C2H5.CH3.7K.U/c1-3-5-6-4-2;1-2;;;;;;;;;/h1,3-5H2,2H3;1H2,2H3;1H3;;;;;;;;/q3*-1;;;;;3*+1;+2/i;;1D;;;;;;;;. The molecular weight excluding hydrogens is 640 g/mol. The largest absolute Gasteiger partial charge is 2.00 e. The minimum absolute atomic E-state index is 0. The Morgan fingerprint density at radius 2 is 1.29 bits per heavy atom. The third-order valence-corrected chi connectivity index (χ3v) is 1.48. The molecule has 0 aliphatic carbocycles. The van der Waals surface area contributed by atoms with Gasteiger partial charge in [-0.2, -0.15) is 25.1 Å². The molecule has 0 unspecified atom stereocenters. The molecule has 0 saturated heterocycles. The molecular formula is C8H19K7SU+2. The van der Waals surface area contributed by atoms with Crippen LogP contribution in [0.3, 0.4) is 0 Å². The first kappa shape index (κ1) is 52.0. The van der Waals surface area contributed by atoms with Crippen LogP contribution < -0.4 is 154 Å². The van der Waals surface area contributed by atoms with Crippen molar-refractivity contribution in [1.82, 2.24) is 0 Å². The van der Waals surface area contributed by atoms with Crippen LogP contribution in [0.2, 0.25) is 0 Å². The molecule has 0 atom stereocenters. The van der Waals surface area contributed by atoms with E-state index in [1.54, 1.807) is 6.92 Å². The molecule has 0 N–H and O–H groups in total. The van der Waals surface area contributed by atoms with Crippen molar-refractivity contribution in [3.63, 3.8) is 0 Å². The Balaban J connectivity index is -0.00000000857. The van der Waals surface area contributed by atoms with Crippen molar-refractivity contribution in [1.29, 1.82) is 0 Å². The molecule has 0 amide bonds. The first-order valence-electron chi connectivity index (χ1n) is 5.70. The van der Waals surface area contributed by atoms with Gasteiger partial charge in [0.1, 0.15) is 0 Å². The summed E-state index contributed by atoms with van der Waals surface area (Å²) in [6, 6.07) is 0. The molecule has 0 fully saturated rings. The van der Waals surface area contributed by atoms with Gasteiger partial charge in [0.2, 0.25) is 0 Å². The van der Waals surface area contributed by atoms with Crippen LogP contribution in [0.5, 0.6) is 0 Å². The maximum absolute atomic E-state index is 5.50. The van der Waals surface area contributed by atoms with E-state index in [9.17, 15) is 0 Å². The monoisotopic (exact) mass is 659 g/mol. The van der Waals surface area contributed by atoms with Gasteiger partial charge in [0.15, 0.2) is 0 Å². The SMILES string of the molecule is [2H][CH2-].[CH2-]C.[CH2-]CCSCC.[K+].[K+].[K+].[K][K].[K][K].[U+2]. The van der Waals surface area contributed by atoms with Gasteiger partial charge in [-0.25, -0.2) is 1.37 Å². The van der Waals surface area contributed by atoms with Crippen LogP contribution in [0.25, 0.3) is 0 Å². The number of rotatable bonds is 3. The van der Waals surface area contributed by atoms with Gasteiger partial charge in [-0.05, 0) is 11.5 Å². The zero-order valence-electron chi connectivity index (χ0n) is 15.2. The molecule has 0 aromatic carbocycles. The Labute approximate surface area is 360 Å². The van der Waals surface area contributed by atoms with Gasteiger partial charge in [0.25, 0.3) is 0 Å². The Morgan fingerprint density at radius 1 is 1.06 bits per heavy atom. The molecule has 0 aliphatic heterocycles. The summed E-state index contributed by atoms with van der Waals surface area (Å²) in [5, 5.41) is 0. The maximum Gasteiger partial charge on any atom is 2.00 e. The molecule has 0 aromatic heterocycles. The van der Waals surface area contributed by atoms with E-state index in [1.807, 2.05) is 11.8 Å². The normalized spacial score (nSPS) is 4.88. The summed E-state index contributed by atoms with van der Waals surface area (Å²) in [6.07, 6.45) is 1.07. The summed E-state index contributed by atoms with van der Waals surface area (Å²) in [5.74, 6) is 2.45. The second kappa shape index (κ2) is 78.8. The van der Waals surface area contributed by atoms with Crippen molar-refractivity contribution in [2.45, 2.75) is 20.3 Å². The summed E-state index contributed by atoms with van der Waals surface area (Å²) in [5.41, 5.74) is 0. The average molecular weight is 660 g/mol. The van der Waals surface area contributed by atoms with Crippen LogP contribution in [-0.2, 0) is 0 Å². The van der Waals surface area contributed by atoms with Crippen LogP contribution in [0.15, 0.2) is 0 Å². The summed E-state index contributed by atoms with van der Waals surface area (Å²) >= 11 is 6.95. The van der Waals surface area contributed by atoms with Gasteiger partial charge < -0.3 is 21.3 Å². The van der Waals surface area contributed by atoms with E-state index in [0.29, 0.717) is 0 Å². The first-order chi connectivity index (χ1) is 6.91. The van der Waals surface area contributed by atoms with Gasteiger partial charge in [-0.1, -0.05) is 6.92 Å². The van der Waals surface area contributed by atoms with Crippen molar-refractivity contribution in [2.75, 3.05) is 11.5 Å². The van der Waals surface area contributed by atoms with E-state index in [1.165, 1.54) is 138 Å². The molecule has 0 saturated carbocycles. The Morgan fingerprint density at radius 3 is 1.35 bits per heavy atom. The molecule has 17 heavy (non-hydrogen) atoms. The minimum atomic E-state index is 0. The van der Waals surface area contributed by atoms with E-state index in [-0.39, 0.29) is 185 Å². The van der Waals surface area contributed by atoms with Crippen LogP contribution in [0.1, 0.15) is 21.6 Å². The van der Waals surface area contributed by atoms with E-state index in [0.717, 1.165) is 6.42 Å². The molecule has 0 nitrogen and oxygen atoms in total. The topological polar surface area (TPSA) is 0 Å². The number of thioether (sulfide) groups is 1. The third kappa shape index (κ3) is 82.8. The fourth-order valence-electron chi connectivity index (χ4n) is 0.246. The Kier molecular flexibility index (Phi) is 241. The average Bonchev–Trinajstić information content (AvgIpc) is 2.36. The molecule has 0 aromatic rings. The second-order valence-corrected chi connectivity index (χ2v) is 2.44. The third-order valence-electron chi connectivity index (χ3n) is 0.493. The van der Waals surface area contributed by atoms with E-state index in [4.69, 9.17) is 1.37 Å². The van der Waals surface area contributed by atoms with E-state index >= 15 is 0 Å². The minimum Gasteiger partial charge on any atom is 2.00 e. The quantitative estimate of drug-likeness (QED) is 0.165. The summed E-state index contributed by atoms with van der Waals surface area (Å²) in [6.45, 7) is 10.9. The van der Waals surface area contributed by atoms with Gasteiger partial charge in [-0.15, -0.1) is 0 Å². The molecule has 0 heterocycles. The molecule has 66 valence electrons. The van der Waals surface area contributed by atoms with Crippen LogP contribution in [-0.4, -0.2) is 138 Å². The van der Waals surface area contributed by atoms with Gasteiger partial charge in [0.05, 0.1) is 0 Å². The number of hydrogen-bond donors (Lipinski definition) is 0. The predicted octanol–water partition coefficient (Wildman–Crippen LogP) is -7.26. The summed E-state index contributed by atoms with van der Waals surface area (Å²) in [7, 11) is 2.50. The molecule has 0 aliphatic rings. The van der Waals surface area contributed by atoms with Crippen LogP contribution >= 0.6 is 11.8 Å². The fraction of sp³-hybridized carbons (Fsp3) is 0.625. The van der Waals surface area contributed by atoms with Gasteiger partial charge >= 0.3 is 312 Å². The molecule has 0 bridgehead atoms. The predicted molar refractivity (Wildman–Crippen MR) is 73.4 cm³/mol. The maximum atomic E-state index is 5.50. The second-order valence-electron chi connectivity index (χ2n) is 1.05. The summed E-state index contributed by atoms with van der Waals surface area (Å²) < 4.78 is 5.50. The molecule has 9 heteroatoms. The van der Waals surface area contributed by atoms with Crippen molar-refractivity contribution in [2.24, 2.45) is 0 Å². The molecule has 0 radical (unpaired) electrons. The Bertz CT molecular complexity index is 43.4. The van der Waals surface area contributed by atoms with Crippen LogP contribution in [0.4, 0.5) is 0 Å². The van der Waals surface area contributed by atoms with Crippen molar-refractivity contribution < 1.29 is 187 Å². The number of hydrogen-bond acceptors (Lipinski definition) is 1. The van der Waals surface area contributed by atoms with Crippen molar-refractivity contribution in [3.05, 3.63) is 21.3 Å². The molecule has 0 spiro atoms. The first-order valence-corrected chi connectivity index (χ1v) is 38.1. The smallest absolute Gasteiger partial charge is 2.00 e. The van der Waals surface area contributed by atoms with Crippen molar-refractivity contribution in [3.8, 4) is 0 Å². The van der Waals surface area contributed by atoms with Gasteiger partial charge in [-0.3, -0.25) is 0 Å². The molecule has 0 rings (SSSR count). The Hall–Kier alpha value is 12.9. The van der Waals surface area contributed by atoms with Crippen LogP contribution in [0, 0.1) is 52.4 Å².